The highest BCUT2D eigenvalue weighted by atomic mass is 16.5. The molecular formula is C18H21N5O3. The number of imidazole rings is 1. The van der Waals surface area contributed by atoms with Gasteiger partial charge in [-0.25, -0.2) is 4.98 Å². The standard InChI is InChI=1S/C18H21N5O3/c1-25-11-16-21-22-17(26-16)18(24)23-8-4-5-12(10-23)9-15-19-13-6-2-3-7-14(13)20-15/h2-3,6-7,12H,4-5,8-11H2,1H3,(H,19,20). The average Bonchev–Trinajstić information content (AvgIpc) is 3.28. The monoisotopic (exact) mass is 355 g/mol. The molecule has 136 valence electrons. The summed E-state index contributed by atoms with van der Waals surface area (Å²) < 4.78 is 10.3. The van der Waals surface area contributed by atoms with E-state index in [9.17, 15) is 4.79 Å². The molecule has 1 unspecified atom stereocenters. The summed E-state index contributed by atoms with van der Waals surface area (Å²) in [4.78, 5) is 22.4. The largest absolute Gasteiger partial charge is 0.414 e. The topological polar surface area (TPSA) is 97.1 Å². The van der Waals surface area contributed by atoms with Gasteiger partial charge >= 0.3 is 11.8 Å². The zero-order valence-corrected chi connectivity index (χ0v) is 14.6. The van der Waals surface area contributed by atoms with E-state index >= 15 is 0 Å². The minimum absolute atomic E-state index is 0.0291. The molecule has 1 saturated heterocycles. The van der Waals surface area contributed by atoms with Gasteiger partial charge < -0.3 is 19.0 Å². The number of carbonyl (C=O) groups is 1. The number of carbonyl (C=O) groups excluding carboxylic acids is 1. The van der Waals surface area contributed by atoms with Crippen LogP contribution >= 0.6 is 0 Å². The minimum atomic E-state index is -0.214. The van der Waals surface area contributed by atoms with Crippen molar-refractivity contribution in [3.8, 4) is 0 Å². The van der Waals surface area contributed by atoms with Crippen molar-refractivity contribution in [1.29, 1.82) is 0 Å². The lowest BCUT2D eigenvalue weighted by atomic mass is 9.94. The fraction of sp³-hybridized carbons (Fsp3) is 0.444. The zero-order valence-electron chi connectivity index (χ0n) is 14.6. The number of fused-ring (bicyclic) bond motifs is 1. The summed E-state index contributed by atoms with van der Waals surface area (Å²) >= 11 is 0. The van der Waals surface area contributed by atoms with Gasteiger partial charge in [0.2, 0.25) is 5.89 Å². The molecule has 1 aliphatic rings. The highest BCUT2D eigenvalue weighted by Crippen LogP contribution is 2.22. The zero-order chi connectivity index (χ0) is 17.9. The van der Waals surface area contributed by atoms with Gasteiger partial charge in [-0.3, -0.25) is 4.79 Å². The number of H-pyrrole nitrogens is 1. The van der Waals surface area contributed by atoms with Gasteiger partial charge in [0.25, 0.3) is 0 Å². The second-order valence-corrected chi connectivity index (χ2v) is 6.60. The molecule has 1 fully saturated rings. The third-order valence-corrected chi connectivity index (χ3v) is 4.64. The number of nitrogens with one attached hydrogen (secondary N) is 1. The molecule has 3 heterocycles. The number of aromatic nitrogens is 4. The maximum atomic E-state index is 12.6. The summed E-state index contributed by atoms with van der Waals surface area (Å²) in [5.74, 6) is 1.45. The Bertz CT molecular complexity index is 870. The van der Waals surface area contributed by atoms with Crippen LogP contribution in [0.3, 0.4) is 0 Å². The van der Waals surface area contributed by atoms with Crippen molar-refractivity contribution < 1.29 is 13.9 Å². The van der Waals surface area contributed by atoms with E-state index in [-0.39, 0.29) is 18.4 Å². The fourth-order valence-electron chi connectivity index (χ4n) is 3.45. The lowest BCUT2D eigenvalue weighted by Gasteiger charge is -2.31. The number of rotatable bonds is 5. The van der Waals surface area contributed by atoms with E-state index in [4.69, 9.17) is 9.15 Å². The van der Waals surface area contributed by atoms with Crippen molar-refractivity contribution in [1.82, 2.24) is 25.1 Å². The third-order valence-electron chi connectivity index (χ3n) is 4.64. The van der Waals surface area contributed by atoms with E-state index < -0.39 is 0 Å². The van der Waals surface area contributed by atoms with E-state index in [0.29, 0.717) is 24.9 Å². The molecule has 0 saturated carbocycles. The van der Waals surface area contributed by atoms with Crippen molar-refractivity contribution in [2.24, 2.45) is 5.92 Å². The Balaban J connectivity index is 1.42. The predicted octanol–water partition coefficient (Wildman–Crippen LogP) is 2.19. The van der Waals surface area contributed by atoms with Crippen molar-refractivity contribution in [3.05, 3.63) is 41.9 Å². The Labute approximate surface area is 150 Å². The summed E-state index contributed by atoms with van der Waals surface area (Å²) in [5, 5.41) is 7.67. The highest BCUT2D eigenvalue weighted by molar-refractivity contribution is 5.89. The molecule has 2 aromatic heterocycles. The number of benzene rings is 1. The first-order valence-electron chi connectivity index (χ1n) is 8.77. The van der Waals surface area contributed by atoms with Crippen molar-refractivity contribution >= 4 is 16.9 Å². The van der Waals surface area contributed by atoms with Crippen LogP contribution in [0.2, 0.25) is 0 Å². The number of piperidine rings is 1. The molecule has 1 N–H and O–H groups in total. The molecule has 8 nitrogen and oxygen atoms in total. The van der Waals surface area contributed by atoms with E-state index in [1.54, 1.807) is 12.0 Å². The van der Waals surface area contributed by atoms with Gasteiger partial charge in [0.1, 0.15) is 12.4 Å². The van der Waals surface area contributed by atoms with Gasteiger partial charge in [-0.15, -0.1) is 10.2 Å². The Morgan fingerprint density at radius 3 is 3.12 bits per heavy atom. The van der Waals surface area contributed by atoms with Crippen molar-refractivity contribution in [2.75, 3.05) is 20.2 Å². The van der Waals surface area contributed by atoms with Crippen LogP contribution in [0.4, 0.5) is 0 Å². The first-order valence-corrected chi connectivity index (χ1v) is 8.77. The molecule has 0 radical (unpaired) electrons. The molecule has 4 rings (SSSR count). The maximum Gasteiger partial charge on any atom is 0.311 e. The first-order chi connectivity index (χ1) is 12.7. The molecule has 1 atom stereocenters. The number of hydrogen-bond acceptors (Lipinski definition) is 6. The Hall–Kier alpha value is -2.74. The Morgan fingerprint density at radius 1 is 1.38 bits per heavy atom. The summed E-state index contributed by atoms with van der Waals surface area (Å²) in [7, 11) is 1.54. The smallest absolute Gasteiger partial charge is 0.311 e. The first kappa shape index (κ1) is 16.7. The number of ether oxygens (including phenoxy) is 1. The second kappa shape index (κ2) is 7.25. The molecule has 3 aromatic rings. The van der Waals surface area contributed by atoms with Crippen LogP contribution in [0.1, 0.15) is 35.2 Å². The van der Waals surface area contributed by atoms with Crippen LogP contribution in [-0.4, -0.2) is 51.2 Å². The number of methoxy groups -OCH3 is 1. The van der Waals surface area contributed by atoms with Crippen LogP contribution in [0.5, 0.6) is 0 Å². The van der Waals surface area contributed by atoms with Gasteiger partial charge in [-0.2, -0.15) is 0 Å². The van der Waals surface area contributed by atoms with E-state index in [2.05, 4.69) is 20.2 Å². The lowest BCUT2D eigenvalue weighted by molar-refractivity contribution is 0.0625. The van der Waals surface area contributed by atoms with Crippen LogP contribution in [-0.2, 0) is 17.8 Å². The minimum Gasteiger partial charge on any atom is -0.414 e. The fourth-order valence-corrected chi connectivity index (χ4v) is 3.45. The van der Waals surface area contributed by atoms with E-state index in [0.717, 1.165) is 36.1 Å². The summed E-state index contributed by atoms with van der Waals surface area (Å²) in [5.41, 5.74) is 2.02. The maximum absolute atomic E-state index is 12.6. The SMILES string of the molecule is COCc1nnc(C(=O)N2CCCC(Cc3nc4ccccc4[nH]3)C2)o1. The average molecular weight is 355 g/mol. The normalized spacial score (nSPS) is 17.7. The predicted molar refractivity (Wildman–Crippen MR) is 93.4 cm³/mol. The van der Waals surface area contributed by atoms with Gasteiger partial charge in [0.05, 0.1) is 11.0 Å². The lowest BCUT2D eigenvalue weighted by Crippen LogP contribution is -2.40. The van der Waals surface area contributed by atoms with Gasteiger partial charge in [-0.05, 0) is 30.9 Å². The Morgan fingerprint density at radius 2 is 2.27 bits per heavy atom. The van der Waals surface area contributed by atoms with E-state index in [1.165, 1.54) is 0 Å². The van der Waals surface area contributed by atoms with Gasteiger partial charge in [0.15, 0.2) is 0 Å². The summed E-state index contributed by atoms with van der Waals surface area (Å²) in [6.45, 7) is 1.57. The molecule has 26 heavy (non-hydrogen) atoms. The number of hydrogen-bond donors (Lipinski definition) is 1. The highest BCUT2D eigenvalue weighted by Gasteiger charge is 2.28. The van der Waals surface area contributed by atoms with Gasteiger partial charge in [0, 0.05) is 26.6 Å². The van der Waals surface area contributed by atoms with E-state index in [1.807, 2.05) is 24.3 Å². The number of para-hydroxylation sites is 2. The molecule has 0 spiro atoms. The summed E-state index contributed by atoms with van der Waals surface area (Å²) in [6, 6.07) is 8.00. The van der Waals surface area contributed by atoms with Crippen molar-refractivity contribution in [2.45, 2.75) is 25.9 Å². The van der Waals surface area contributed by atoms with Crippen LogP contribution in [0, 0.1) is 5.92 Å². The number of nitrogens with zero attached hydrogens (tertiary/aromatic N) is 4. The third kappa shape index (κ3) is 3.45. The number of amides is 1. The van der Waals surface area contributed by atoms with Crippen LogP contribution in [0.25, 0.3) is 11.0 Å². The molecule has 0 aliphatic carbocycles. The molecule has 0 bridgehead atoms. The molecule has 1 amide bonds. The molecular weight excluding hydrogens is 334 g/mol. The van der Waals surface area contributed by atoms with Gasteiger partial charge in [-0.1, -0.05) is 12.1 Å². The number of aromatic amines is 1. The second-order valence-electron chi connectivity index (χ2n) is 6.60. The molecule has 1 aromatic carbocycles. The number of likely N-dealkylation sites (tertiary alicyclic amines) is 1. The van der Waals surface area contributed by atoms with Crippen molar-refractivity contribution in [3.63, 3.8) is 0 Å². The van der Waals surface area contributed by atoms with Crippen LogP contribution in [0.15, 0.2) is 28.7 Å². The quantitative estimate of drug-likeness (QED) is 0.753. The summed E-state index contributed by atoms with van der Waals surface area (Å²) in [6.07, 6.45) is 2.84. The molecule has 1 aliphatic heterocycles. The van der Waals surface area contributed by atoms with Crippen LogP contribution < -0.4 is 0 Å². The Kier molecular flexibility index (Phi) is 4.66. The molecule has 8 heteroatoms.